The summed E-state index contributed by atoms with van der Waals surface area (Å²) in [7, 11) is 2.95. The van der Waals surface area contributed by atoms with E-state index in [2.05, 4.69) is 4.99 Å². The fraction of sp³-hybridized carbons (Fsp3) is 0.278. The highest BCUT2D eigenvalue weighted by molar-refractivity contribution is 5.97. The number of methoxy groups -OCH3 is 2. The summed E-state index contributed by atoms with van der Waals surface area (Å²) in [5, 5.41) is 0. The smallest absolute Gasteiger partial charge is 0.334 e. The molecule has 1 aromatic carbocycles. The Morgan fingerprint density at radius 1 is 1.29 bits per heavy atom. The standard InChI is InChI=1S/C18H18N2O4/c1-23-14-5-3-12(4-6-14)9-20-10-13(11-21)16-15(18(22)24-2)7-8-19-17(16)20/h3-8,10-11,16-17H,9H2,1-2H3. The molecule has 2 aliphatic heterocycles. The molecule has 0 saturated carbocycles. The molecule has 2 heterocycles. The monoisotopic (exact) mass is 326 g/mol. The van der Waals surface area contributed by atoms with Crippen molar-refractivity contribution in [1.29, 1.82) is 0 Å². The number of rotatable bonds is 5. The van der Waals surface area contributed by atoms with Crippen LogP contribution in [0.15, 0.2) is 52.7 Å². The molecular weight excluding hydrogens is 308 g/mol. The largest absolute Gasteiger partial charge is 0.497 e. The summed E-state index contributed by atoms with van der Waals surface area (Å²) in [4.78, 5) is 29.8. The fourth-order valence-corrected chi connectivity index (χ4v) is 3.04. The molecule has 0 radical (unpaired) electrons. The highest BCUT2D eigenvalue weighted by Crippen LogP contribution is 2.37. The number of ether oxygens (including phenoxy) is 2. The maximum atomic E-state index is 12.0. The number of aldehydes is 1. The topological polar surface area (TPSA) is 68.2 Å². The molecule has 0 fully saturated rings. The van der Waals surface area contributed by atoms with Crippen molar-refractivity contribution in [3.8, 4) is 5.75 Å². The van der Waals surface area contributed by atoms with E-state index >= 15 is 0 Å². The minimum Gasteiger partial charge on any atom is -0.497 e. The zero-order chi connectivity index (χ0) is 17.1. The maximum absolute atomic E-state index is 12.0. The van der Waals surface area contributed by atoms with Crippen molar-refractivity contribution in [2.24, 2.45) is 10.9 Å². The van der Waals surface area contributed by atoms with Gasteiger partial charge in [0, 0.05) is 24.5 Å². The number of carbonyl (C=O) groups is 2. The van der Waals surface area contributed by atoms with Gasteiger partial charge in [-0.2, -0.15) is 0 Å². The number of hydrogen-bond acceptors (Lipinski definition) is 6. The lowest BCUT2D eigenvalue weighted by molar-refractivity contribution is -0.136. The molecule has 0 bridgehead atoms. The molecule has 0 aliphatic carbocycles. The average molecular weight is 326 g/mol. The van der Waals surface area contributed by atoms with Gasteiger partial charge in [0.15, 0.2) is 0 Å². The van der Waals surface area contributed by atoms with Gasteiger partial charge in [0.25, 0.3) is 0 Å². The summed E-state index contributed by atoms with van der Waals surface area (Å²) in [6.07, 6.45) is 5.44. The molecule has 0 N–H and O–H groups in total. The van der Waals surface area contributed by atoms with Crippen LogP contribution in [-0.2, 0) is 20.9 Å². The zero-order valence-electron chi connectivity index (χ0n) is 13.5. The molecule has 0 aromatic heterocycles. The molecule has 2 atom stereocenters. The molecule has 1 aromatic rings. The zero-order valence-corrected chi connectivity index (χ0v) is 13.5. The lowest BCUT2D eigenvalue weighted by Gasteiger charge is -2.29. The molecule has 0 amide bonds. The van der Waals surface area contributed by atoms with E-state index in [-0.39, 0.29) is 6.17 Å². The Morgan fingerprint density at radius 2 is 2.04 bits per heavy atom. The van der Waals surface area contributed by atoms with Gasteiger partial charge < -0.3 is 14.4 Å². The predicted molar refractivity (Wildman–Crippen MR) is 88.6 cm³/mol. The highest BCUT2D eigenvalue weighted by atomic mass is 16.5. The van der Waals surface area contributed by atoms with Gasteiger partial charge in [-0.3, -0.25) is 9.79 Å². The normalized spacial score (nSPS) is 21.7. The number of benzene rings is 1. The predicted octanol–water partition coefficient (Wildman–Crippen LogP) is 1.72. The first-order valence-corrected chi connectivity index (χ1v) is 7.55. The van der Waals surface area contributed by atoms with Crippen molar-refractivity contribution in [2.45, 2.75) is 12.7 Å². The van der Waals surface area contributed by atoms with Crippen molar-refractivity contribution in [2.75, 3.05) is 14.2 Å². The lowest BCUT2D eigenvalue weighted by atomic mass is 9.89. The van der Waals surface area contributed by atoms with Crippen LogP contribution < -0.4 is 4.74 Å². The van der Waals surface area contributed by atoms with Crippen LogP contribution in [0.25, 0.3) is 0 Å². The minimum atomic E-state index is -0.435. The average Bonchev–Trinajstić information content (AvgIpc) is 2.99. The van der Waals surface area contributed by atoms with E-state index < -0.39 is 11.9 Å². The van der Waals surface area contributed by atoms with Crippen LogP contribution in [0, 0.1) is 5.92 Å². The van der Waals surface area contributed by atoms with Gasteiger partial charge in [-0.05, 0) is 23.8 Å². The second kappa shape index (κ2) is 6.70. The molecule has 0 saturated heterocycles. The third-order valence-corrected chi connectivity index (χ3v) is 4.22. The van der Waals surface area contributed by atoms with E-state index in [0.717, 1.165) is 17.6 Å². The van der Waals surface area contributed by atoms with Crippen LogP contribution in [0.3, 0.4) is 0 Å². The van der Waals surface area contributed by atoms with Crippen molar-refractivity contribution >= 4 is 18.5 Å². The van der Waals surface area contributed by atoms with E-state index in [9.17, 15) is 9.59 Å². The molecule has 6 heteroatoms. The summed E-state index contributed by atoms with van der Waals surface area (Å²) in [5.41, 5.74) is 2.04. The Balaban J connectivity index is 1.84. The van der Waals surface area contributed by atoms with Crippen LogP contribution in [0.4, 0.5) is 0 Å². The molecule has 124 valence electrons. The van der Waals surface area contributed by atoms with Gasteiger partial charge in [-0.15, -0.1) is 0 Å². The first-order valence-electron chi connectivity index (χ1n) is 7.55. The van der Waals surface area contributed by atoms with Gasteiger partial charge in [-0.1, -0.05) is 12.1 Å². The molecule has 24 heavy (non-hydrogen) atoms. The third kappa shape index (κ3) is 2.82. The van der Waals surface area contributed by atoms with Crippen molar-refractivity contribution in [3.63, 3.8) is 0 Å². The molecule has 2 aliphatic rings. The number of aliphatic imine (C=N–C) groups is 1. The second-order valence-electron chi connectivity index (χ2n) is 5.57. The number of dihydropyridines is 1. The van der Waals surface area contributed by atoms with Crippen LogP contribution in [0.1, 0.15) is 5.56 Å². The Kier molecular flexibility index (Phi) is 4.46. The minimum absolute atomic E-state index is 0.314. The van der Waals surface area contributed by atoms with Crippen molar-refractivity contribution in [1.82, 2.24) is 4.90 Å². The number of carbonyl (C=O) groups excluding carboxylic acids is 2. The van der Waals surface area contributed by atoms with E-state index in [1.807, 2.05) is 29.2 Å². The number of esters is 1. The fourth-order valence-electron chi connectivity index (χ4n) is 3.04. The van der Waals surface area contributed by atoms with Crippen molar-refractivity contribution < 1.29 is 19.1 Å². The Bertz CT molecular complexity index is 734. The summed E-state index contributed by atoms with van der Waals surface area (Å²) >= 11 is 0. The van der Waals surface area contributed by atoms with E-state index in [1.54, 1.807) is 25.6 Å². The summed E-state index contributed by atoms with van der Waals surface area (Å²) in [6.45, 7) is 0.578. The third-order valence-electron chi connectivity index (χ3n) is 4.22. The van der Waals surface area contributed by atoms with Crippen LogP contribution in [-0.4, -0.2) is 43.8 Å². The lowest BCUT2D eigenvalue weighted by Crippen LogP contribution is -2.35. The first kappa shape index (κ1) is 16.0. The first-order chi connectivity index (χ1) is 11.7. The van der Waals surface area contributed by atoms with Gasteiger partial charge in [0.2, 0.25) is 0 Å². The van der Waals surface area contributed by atoms with Crippen molar-refractivity contribution in [3.05, 3.63) is 53.3 Å². The number of nitrogens with zero attached hydrogens (tertiary/aromatic N) is 2. The van der Waals surface area contributed by atoms with Gasteiger partial charge in [0.05, 0.1) is 25.7 Å². The molecule has 0 spiro atoms. The molecule has 2 unspecified atom stereocenters. The van der Waals surface area contributed by atoms with Crippen LogP contribution in [0.5, 0.6) is 5.75 Å². The summed E-state index contributed by atoms with van der Waals surface area (Å²) < 4.78 is 9.98. The number of hydrogen-bond donors (Lipinski definition) is 0. The maximum Gasteiger partial charge on any atom is 0.334 e. The quantitative estimate of drug-likeness (QED) is 0.609. The SMILES string of the molecule is COC(=O)C1=CC=NC2C1C(C=O)=CN2Cc1ccc(OC)cc1. The Morgan fingerprint density at radius 3 is 2.67 bits per heavy atom. The second-order valence-corrected chi connectivity index (χ2v) is 5.57. The molecule has 6 nitrogen and oxygen atoms in total. The Hall–Kier alpha value is -2.89. The number of allylic oxidation sites excluding steroid dienone is 1. The van der Waals surface area contributed by atoms with E-state index in [4.69, 9.17) is 9.47 Å². The van der Waals surface area contributed by atoms with Crippen LogP contribution >= 0.6 is 0 Å². The Labute approximate surface area is 140 Å². The highest BCUT2D eigenvalue weighted by Gasteiger charge is 2.41. The summed E-state index contributed by atoms with van der Waals surface area (Å²) in [6, 6.07) is 7.70. The van der Waals surface area contributed by atoms with E-state index in [1.165, 1.54) is 7.11 Å². The number of fused-ring (bicyclic) bond motifs is 1. The van der Waals surface area contributed by atoms with Gasteiger partial charge in [0.1, 0.15) is 18.2 Å². The van der Waals surface area contributed by atoms with Gasteiger partial charge in [-0.25, -0.2) is 4.79 Å². The van der Waals surface area contributed by atoms with E-state index in [0.29, 0.717) is 17.7 Å². The summed E-state index contributed by atoms with van der Waals surface area (Å²) in [5.74, 6) is -0.0397. The molecular formula is C18H18N2O4. The molecule has 3 rings (SSSR count). The van der Waals surface area contributed by atoms with Gasteiger partial charge >= 0.3 is 5.97 Å². The van der Waals surface area contributed by atoms with Crippen LogP contribution in [0.2, 0.25) is 0 Å².